The van der Waals surface area contributed by atoms with E-state index in [0.29, 0.717) is 6.42 Å². The molecule has 1 rings (SSSR count). The summed E-state index contributed by atoms with van der Waals surface area (Å²) in [6, 6.07) is -1.77. The van der Waals surface area contributed by atoms with Crippen molar-refractivity contribution in [2.75, 3.05) is 24.3 Å². The summed E-state index contributed by atoms with van der Waals surface area (Å²) in [7, 11) is 0. The van der Waals surface area contributed by atoms with Crippen molar-refractivity contribution in [3.8, 4) is 0 Å². The molecular formula is C13H27N3O6S2. The first kappa shape index (κ1) is 25.2. The first-order chi connectivity index (χ1) is 11.2. The Morgan fingerprint density at radius 3 is 1.96 bits per heavy atom. The van der Waals surface area contributed by atoms with Crippen LogP contribution >= 0.6 is 24.4 Å². The third kappa shape index (κ3) is 14.6. The molecule has 3 atom stereocenters. The molecule has 1 saturated heterocycles. The van der Waals surface area contributed by atoms with Crippen LogP contribution in [0.15, 0.2) is 0 Å². The van der Waals surface area contributed by atoms with E-state index >= 15 is 0 Å². The highest BCUT2D eigenvalue weighted by atomic mass is 32.2. The Hall–Kier alpha value is -1.01. The Kier molecular flexibility index (Phi) is 16.3. The minimum Gasteiger partial charge on any atom is -0.480 e. The van der Waals surface area contributed by atoms with E-state index in [9.17, 15) is 14.4 Å². The van der Waals surface area contributed by atoms with E-state index < -0.39 is 30.0 Å². The second-order valence-electron chi connectivity index (χ2n) is 4.84. The van der Waals surface area contributed by atoms with Crippen LogP contribution in [0.5, 0.6) is 0 Å². The van der Waals surface area contributed by atoms with Gasteiger partial charge in [-0.2, -0.15) is 24.4 Å². The second kappa shape index (κ2) is 15.5. The van der Waals surface area contributed by atoms with E-state index in [0.717, 1.165) is 25.1 Å². The Morgan fingerprint density at radius 2 is 1.75 bits per heavy atom. The minimum absolute atomic E-state index is 0.190. The van der Waals surface area contributed by atoms with Crippen molar-refractivity contribution in [1.82, 2.24) is 5.32 Å². The van der Waals surface area contributed by atoms with Gasteiger partial charge < -0.3 is 32.1 Å². The molecule has 1 fully saturated rings. The average molecular weight is 386 g/mol. The van der Waals surface area contributed by atoms with E-state index in [1.165, 1.54) is 0 Å². The van der Waals surface area contributed by atoms with Crippen LogP contribution in [0.3, 0.4) is 0 Å². The van der Waals surface area contributed by atoms with Gasteiger partial charge in [0.15, 0.2) is 0 Å². The Bertz CT molecular complexity index is 381. The number of nitrogens with two attached hydrogens (primary N) is 2. The number of thiol groups is 1. The number of hydrogen-bond donors (Lipinski definition) is 7. The highest BCUT2D eigenvalue weighted by Gasteiger charge is 2.20. The molecule has 0 bridgehead atoms. The first-order valence-electron chi connectivity index (χ1n) is 7.20. The van der Waals surface area contributed by atoms with Gasteiger partial charge in [-0.05, 0) is 37.8 Å². The van der Waals surface area contributed by atoms with Gasteiger partial charge in [-0.25, -0.2) is 0 Å². The first-order valence-corrected chi connectivity index (χ1v) is 9.22. The molecule has 24 heavy (non-hydrogen) atoms. The van der Waals surface area contributed by atoms with Crippen molar-refractivity contribution >= 4 is 42.3 Å². The van der Waals surface area contributed by atoms with Crippen LogP contribution in [0.25, 0.3) is 0 Å². The summed E-state index contributed by atoms with van der Waals surface area (Å²) >= 11 is 5.25. The van der Waals surface area contributed by atoms with Crippen LogP contribution in [0.2, 0.25) is 0 Å². The predicted molar refractivity (Wildman–Crippen MR) is 96.7 cm³/mol. The third-order valence-electron chi connectivity index (χ3n) is 2.82. The standard InChI is InChI=1S/C5H11NO2S.C5H9NO2.C3H7NO2S/c1-9-3-2-4(6)5(7)8;7-5(8)4-2-1-3-6-4;4-2(1-7)3(5)6/h4H,2-3,6H2,1H3,(H,7,8);4,6H,1-3H2,(H,7,8);2,7H,1,4H2,(H,5,6). The molecule has 0 aromatic heterocycles. The van der Waals surface area contributed by atoms with E-state index in [1.54, 1.807) is 11.8 Å². The van der Waals surface area contributed by atoms with Crippen LogP contribution in [-0.4, -0.2) is 75.7 Å². The molecule has 142 valence electrons. The minimum atomic E-state index is -1.00. The number of aliphatic carboxylic acids is 3. The highest BCUT2D eigenvalue weighted by Crippen LogP contribution is 2.03. The number of hydrogen-bond acceptors (Lipinski definition) is 8. The lowest BCUT2D eigenvalue weighted by molar-refractivity contribution is -0.139. The van der Waals surface area contributed by atoms with Crippen molar-refractivity contribution in [1.29, 1.82) is 0 Å². The summed E-state index contributed by atoms with van der Waals surface area (Å²) in [5, 5.41) is 27.5. The second-order valence-corrected chi connectivity index (χ2v) is 6.19. The fourth-order valence-electron chi connectivity index (χ4n) is 1.34. The summed E-state index contributed by atoms with van der Waals surface area (Å²) in [6.07, 6.45) is 4.26. The van der Waals surface area contributed by atoms with Gasteiger partial charge in [-0.1, -0.05) is 0 Å². The molecular weight excluding hydrogens is 358 g/mol. The molecule has 3 unspecified atom stereocenters. The number of carboxylic acid groups (broad SMARTS) is 3. The fourth-order valence-corrected chi connectivity index (χ4v) is 1.99. The third-order valence-corrected chi connectivity index (χ3v) is 3.86. The van der Waals surface area contributed by atoms with E-state index in [-0.39, 0.29) is 11.8 Å². The highest BCUT2D eigenvalue weighted by molar-refractivity contribution is 7.98. The van der Waals surface area contributed by atoms with Gasteiger partial charge in [0.25, 0.3) is 0 Å². The molecule has 1 aliphatic heterocycles. The molecule has 1 heterocycles. The molecule has 11 heteroatoms. The lowest BCUT2D eigenvalue weighted by Gasteiger charge is -2.02. The number of thioether (sulfide) groups is 1. The lowest BCUT2D eigenvalue weighted by Crippen LogP contribution is -2.31. The van der Waals surface area contributed by atoms with E-state index in [2.05, 4.69) is 17.9 Å². The van der Waals surface area contributed by atoms with Crippen LogP contribution in [0.4, 0.5) is 0 Å². The molecule has 0 aromatic rings. The van der Waals surface area contributed by atoms with E-state index in [4.69, 9.17) is 26.8 Å². The van der Waals surface area contributed by atoms with Gasteiger partial charge in [0.2, 0.25) is 0 Å². The number of carboxylic acids is 3. The van der Waals surface area contributed by atoms with Gasteiger partial charge in [-0.3, -0.25) is 14.4 Å². The quantitative estimate of drug-likeness (QED) is 0.277. The zero-order valence-electron chi connectivity index (χ0n) is 13.6. The van der Waals surface area contributed by atoms with Crippen molar-refractivity contribution in [2.24, 2.45) is 11.5 Å². The van der Waals surface area contributed by atoms with Crippen LogP contribution < -0.4 is 16.8 Å². The van der Waals surface area contributed by atoms with Gasteiger partial charge in [0.05, 0.1) is 0 Å². The summed E-state index contributed by atoms with van der Waals surface area (Å²) in [4.78, 5) is 30.0. The largest absolute Gasteiger partial charge is 0.480 e. The van der Waals surface area contributed by atoms with Crippen LogP contribution in [-0.2, 0) is 14.4 Å². The number of carbonyl (C=O) groups is 3. The van der Waals surface area contributed by atoms with Crippen molar-refractivity contribution in [2.45, 2.75) is 37.4 Å². The summed E-state index contributed by atoms with van der Waals surface area (Å²) in [5.74, 6) is -1.63. The van der Waals surface area contributed by atoms with Gasteiger partial charge in [-0.15, -0.1) is 0 Å². The van der Waals surface area contributed by atoms with Crippen molar-refractivity contribution in [3.63, 3.8) is 0 Å². The summed E-state index contributed by atoms with van der Waals surface area (Å²) < 4.78 is 0. The molecule has 0 aliphatic carbocycles. The monoisotopic (exact) mass is 385 g/mol. The van der Waals surface area contributed by atoms with Crippen molar-refractivity contribution < 1.29 is 29.7 Å². The molecule has 8 N–H and O–H groups in total. The summed E-state index contributed by atoms with van der Waals surface area (Å²) in [5.41, 5.74) is 10.1. The average Bonchev–Trinajstić information content (AvgIpc) is 3.07. The van der Waals surface area contributed by atoms with Crippen LogP contribution in [0, 0.1) is 0 Å². The maximum absolute atomic E-state index is 10.1. The number of nitrogens with one attached hydrogen (secondary N) is 1. The van der Waals surface area contributed by atoms with Gasteiger partial charge >= 0.3 is 17.9 Å². The maximum Gasteiger partial charge on any atom is 0.321 e. The SMILES string of the molecule is CSCCC(N)C(=O)O.NC(CS)C(=O)O.O=C(O)C1CCCN1. The number of rotatable bonds is 7. The Labute approximate surface area is 150 Å². The topological polar surface area (TPSA) is 176 Å². The Morgan fingerprint density at radius 1 is 1.21 bits per heavy atom. The fraction of sp³-hybridized carbons (Fsp3) is 0.769. The molecule has 0 spiro atoms. The molecule has 0 aromatic carbocycles. The van der Waals surface area contributed by atoms with Gasteiger partial charge in [0, 0.05) is 5.75 Å². The molecule has 1 aliphatic rings. The predicted octanol–water partition coefficient (Wildman–Crippen LogP) is -0.697. The zero-order chi connectivity index (χ0) is 19.1. The zero-order valence-corrected chi connectivity index (χ0v) is 15.3. The Balaban J connectivity index is 0. The normalized spacial score (nSPS) is 18.2. The lowest BCUT2D eigenvalue weighted by atomic mass is 10.2. The molecule has 9 nitrogen and oxygen atoms in total. The van der Waals surface area contributed by atoms with Crippen molar-refractivity contribution in [3.05, 3.63) is 0 Å². The molecule has 0 amide bonds. The smallest absolute Gasteiger partial charge is 0.321 e. The molecule has 0 radical (unpaired) electrons. The summed E-state index contributed by atoms with van der Waals surface area (Å²) in [6.45, 7) is 0.858. The van der Waals surface area contributed by atoms with Crippen LogP contribution in [0.1, 0.15) is 19.3 Å². The maximum atomic E-state index is 10.1. The van der Waals surface area contributed by atoms with Gasteiger partial charge in [0.1, 0.15) is 18.1 Å². The molecule has 0 saturated carbocycles. The van der Waals surface area contributed by atoms with E-state index in [1.807, 2.05) is 6.26 Å².